The van der Waals surface area contributed by atoms with Crippen LogP contribution in [0.3, 0.4) is 0 Å². The molecule has 1 fully saturated rings. The van der Waals surface area contributed by atoms with Crippen LogP contribution in [0.2, 0.25) is 0 Å². The van der Waals surface area contributed by atoms with Crippen molar-refractivity contribution >= 4 is 25.0 Å². The van der Waals surface area contributed by atoms with E-state index in [2.05, 4.69) is 21.0 Å². The third-order valence-corrected chi connectivity index (χ3v) is 12.9. The molecule has 5 atom stereocenters. The highest BCUT2D eigenvalue weighted by molar-refractivity contribution is 7.63. The van der Waals surface area contributed by atoms with Gasteiger partial charge in [-0.2, -0.15) is 14.8 Å². The molecule has 0 spiro atoms. The number of methoxy groups -OCH3 is 2. The molecule has 1 unspecified atom stereocenters. The molecule has 14 nitrogen and oxygen atoms in total. The monoisotopic (exact) mass is 788 g/mol. The lowest BCUT2D eigenvalue weighted by Gasteiger charge is -2.38. The zero-order chi connectivity index (χ0) is 40.2. The van der Waals surface area contributed by atoms with Crippen molar-refractivity contribution in [3.05, 3.63) is 112 Å². The number of aromatic amines is 1. The molecular weight excluding hydrogens is 740 g/mol. The quantitative estimate of drug-likeness (QED) is 0.0769. The fraction of sp³-hybridized carbons (Fsp3) is 0.400. The molecule has 6 rings (SSSR count). The minimum absolute atomic E-state index is 0.00911. The minimum Gasteiger partial charge on any atom is -0.497 e. The van der Waals surface area contributed by atoms with Crippen LogP contribution in [0.15, 0.2) is 90.0 Å². The summed E-state index contributed by atoms with van der Waals surface area (Å²) >= 11 is 0. The molecule has 4 N–H and O–H groups in total. The van der Waals surface area contributed by atoms with Gasteiger partial charge in [0, 0.05) is 12.1 Å². The van der Waals surface area contributed by atoms with Crippen molar-refractivity contribution in [2.45, 2.75) is 76.4 Å². The van der Waals surface area contributed by atoms with E-state index in [1.807, 2.05) is 107 Å². The van der Waals surface area contributed by atoms with Crippen LogP contribution in [-0.4, -0.2) is 86.5 Å². The maximum absolute atomic E-state index is 17.4. The van der Waals surface area contributed by atoms with E-state index in [0.717, 1.165) is 16.7 Å². The highest BCUT2D eigenvalue weighted by atomic mass is 31.2. The number of hydrogen-bond acceptors (Lipinski definition) is 12. The average molecular weight is 789 g/mol. The van der Waals surface area contributed by atoms with Crippen molar-refractivity contribution in [1.29, 1.82) is 5.26 Å². The van der Waals surface area contributed by atoms with Crippen molar-refractivity contribution in [3.63, 3.8) is 0 Å². The van der Waals surface area contributed by atoms with Gasteiger partial charge in [-0.1, -0.05) is 54.6 Å². The maximum atomic E-state index is 17.4. The third kappa shape index (κ3) is 7.86. The SMILES string of the molecule is COc1ccc(C(OC[C@H]2O[C@@H](n3cnc4c(=O)[nH]c(N)nc43)[C@H](F)[C@@H]2O[P+](O)(CCC#N)N(C(C)C)C(C)C)(c2ccccc2)c2ccc(OC)cc2)cc1. The second kappa shape index (κ2) is 17.1. The molecule has 1 aliphatic rings. The van der Waals surface area contributed by atoms with E-state index in [0.29, 0.717) is 11.5 Å². The lowest BCUT2D eigenvalue weighted by molar-refractivity contribution is -0.0922. The van der Waals surface area contributed by atoms with Crippen LogP contribution in [0, 0.1) is 11.3 Å². The number of rotatable bonds is 16. The Morgan fingerprint density at radius 1 is 1.00 bits per heavy atom. The molecule has 16 heteroatoms. The van der Waals surface area contributed by atoms with Gasteiger partial charge in [-0.05, 0) is 68.7 Å². The van der Waals surface area contributed by atoms with Gasteiger partial charge in [0.15, 0.2) is 29.7 Å². The molecule has 3 heterocycles. The van der Waals surface area contributed by atoms with Crippen LogP contribution in [-0.2, 0) is 19.6 Å². The van der Waals surface area contributed by atoms with Crippen molar-refractivity contribution in [3.8, 4) is 17.6 Å². The molecule has 0 amide bonds. The summed E-state index contributed by atoms with van der Waals surface area (Å²) in [5.41, 5.74) is 6.20. The highest BCUT2D eigenvalue weighted by Crippen LogP contribution is 2.64. The topological polar surface area (TPSA) is 183 Å². The molecule has 2 aromatic heterocycles. The number of nitrogens with two attached hydrogens (primary N) is 1. The first-order valence-corrected chi connectivity index (χ1v) is 20.1. The van der Waals surface area contributed by atoms with E-state index in [1.54, 1.807) is 18.9 Å². The van der Waals surface area contributed by atoms with Gasteiger partial charge in [-0.25, -0.2) is 14.3 Å². The standard InChI is InChI=1S/C40H47FN7O7P/c1-25(2)48(26(3)4)56(50,22-10-21-42)55-35-32(54-38(33(35)41)47-24-44-34-36(47)45-39(43)46-37(34)49)23-53-40(27-11-8-7-9-12-27,28-13-17-30(51-5)18-14-28)29-15-19-31(52-6)20-16-29/h7-9,11-20,24-26,32-33,35,38,50H,10,22-23H2,1-6H3,(H2-,43,45,46,49)/p+1/t32-,33-,35-,38-,56?/m1/s1. The number of ether oxygens (including phenoxy) is 4. The lowest BCUT2D eigenvalue weighted by atomic mass is 9.80. The summed E-state index contributed by atoms with van der Waals surface area (Å²) in [6.45, 7) is 7.38. The second-order valence-corrected chi connectivity index (χ2v) is 16.5. The first-order valence-electron chi connectivity index (χ1n) is 18.3. The predicted octanol–water partition coefficient (Wildman–Crippen LogP) is 6.14. The van der Waals surface area contributed by atoms with Gasteiger partial charge >= 0.3 is 7.87 Å². The maximum Gasteiger partial charge on any atom is 0.347 e. The number of nitriles is 1. The smallest absolute Gasteiger partial charge is 0.347 e. The Hall–Kier alpha value is -4.94. The van der Waals surface area contributed by atoms with Crippen LogP contribution in [0.25, 0.3) is 11.2 Å². The molecular formula is C40H48FN7O7P+. The zero-order valence-corrected chi connectivity index (χ0v) is 33.1. The molecule has 296 valence electrons. The summed E-state index contributed by atoms with van der Waals surface area (Å²) in [7, 11) is -0.489. The lowest BCUT2D eigenvalue weighted by Crippen LogP contribution is -2.44. The van der Waals surface area contributed by atoms with Gasteiger partial charge in [0.25, 0.3) is 5.56 Å². The van der Waals surface area contributed by atoms with Crippen LogP contribution in [0.4, 0.5) is 10.3 Å². The van der Waals surface area contributed by atoms with Crippen molar-refractivity contribution in [2.24, 2.45) is 0 Å². The van der Waals surface area contributed by atoms with E-state index in [1.165, 1.54) is 10.9 Å². The van der Waals surface area contributed by atoms with E-state index >= 15 is 4.39 Å². The molecule has 1 saturated heterocycles. The first kappa shape index (κ1) is 40.7. The Bertz CT molecular complexity index is 2120. The van der Waals surface area contributed by atoms with Crippen LogP contribution >= 0.6 is 7.87 Å². The number of alkyl halides is 1. The average Bonchev–Trinajstić information content (AvgIpc) is 3.74. The zero-order valence-electron chi connectivity index (χ0n) is 32.2. The Labute approximate surface area is 325 Å². The van der Waals surface area contributed by atoms with Gasteiger partial charge in [0.05, 0.1) is 39.6 Å². The number of anilines is 1. The second-order valence-electron chi connectivity index (χ2n) is 14.0. The van der Waals surface area contributed by atoms with Gasteiger partial charge in [0.1, 0.15) is 29.4 Å². The molecule has 3 aromatic carbocycles. The third-order valence-electron chi connectivity index (χ3n) is 9.85. The van der Waals surface area contributed by atoms with Gasteiger partial charge in [-0.15, -0.1) is 4.67 Å². The predicted molar refractivity (Wildman–Crippen MR) is 211 cm³/mol. The van der Waals surface area contributed by atoms with Crippen LogP contribution in [0.5, 0.6) is 11.5 Å². The summed E-state index contributed by atoms with van der Waals surface area (Å²) < 4.78 is 51.7. The molecule has 5 aromatic rings. The van der Waals surface area contributed by atoms with E-state index in [-0.39, 0.29) is 48.4 Å². The van der Waals surface area contributed by atoms with Crippen LogP contribution in [0.1, 0.15) is 57.0 Å². The van der Waals surface area contributed by atoms with Gasteiger partial charge in [-0.3, -0.25) is 14.3 Å². The van der Waals surface area contributed by atoms with Gasteiger partial charge < -0.3 is 24.7 Å². The minimum atomic E-state index is -3.66. The van der Waals surface area contributed by atoms with E-state index < -0.39 is 43.6 Å². The summed E-state index contributed by atoms with van der Waals surface area (Å²) in [6.07, 6.45) is -4.73. The number of fused-ring (bicyclic) bond motifs is 1. The summed E-state index contributed by atoms with van der Waals surface area (Å²) in [4.78, 5) is 36.0. The van der Waals surface area contributed by atoms with E-state index in [9.17, 15) is 14.9 Å². The summed E-state index contributed by atoms with van der Waals surface area (Å²) in [5.74, 6) is 1.10. The van der Waals surface area contributed by atoms with Crippen LogP contribution < -0.4 is 20.8 Å². The number of H-pyrrole nitrogens is 1. The number of nitrogens with zero attached hydrogens (tertiary/aromatic N) is 5. The Morgan fingerprint density at radius 2 is 1.57 bits per heavy atom. The first-order chi connectivity index (χ1) is 26.9. The molecule has 56 heavy (non-hydrogen) atoms. The number of nitrogens with one attached hydrogen (secondary N) is 1. The fourth-order valence-electron chi connectivity index (χ4n) is 7.52. The number of benzene rings is 3. The molecule has 0 radical (unpaired) electrons. The Kier molecular flexibility index (Phi) is 12.4. The van der Waals surface area contributed by atoms with Crippen molar-refractivity contribution in [1.82, 2.24) is 24.2 Å². The fourth-order valence-corrected chi connectivity index (χ4v) is 10.4. The number of halogens is 1. The Morgan fingerprint density at radius 3 is 2.11 bits per heavy atom. The van der Waals surface area contributed by atoms with E-state index in [4.69, 9.17) is 29.2 Å². The molecule has 0 saturated carbocycles. The molecule has 0 aliphatic carbocycles. The molecule has 1 aliphatic heterocycles. The Balaban J connectivity index is 1.49. The number of nitrogen functional groups attached to an aromatic ring is 1. The molecule has 0 bridgehead atoms. The largest absolute Gasteiger partial charge is 0.497 e. The highest BCUT2D eigenvalue weighted by Gasteiger charge is 2.58. The van der Waals surface area contributed by atoms with Crippen molar-refractivity contribution < 1.29 is 32.8 Å². The normalized spacial score (nSPS) is 19.8. The number of aromatic nitrogens is 4. The summed E-state index contributed by atoms with van der Waals surface area (Å²) in [5, 5.41) is 9.62. The number of imidazole rings is 1. The van der Waals surface area contributed by atoms with Crippen molar-refractivity contribution in [2.75, 3.05) is 32.7 Å². The number of hydrogen-bond donors (Lipinski definition) is 3. The summed E-state index contributed by atoms with van der Waals surface area (Å²) in [6, 6.07) is 26.2. The van der Waals surface area contributed by atoms with Gasteiger partial charge in [0.2, 0.25) is 5.95 Å².